The van der Waals surface area contributed by atoms with E-state index < -0.39 is 0 Å². The molecule has 0 saturated carbocycles. The van der Waals surface area contributed by atoms with E-state index in [1.54, 1.807) is 15.9 Å². The van der Waals surface area contributed by atoms with E-state index >= 15 is 0 Å². The SMILES string of the molecule is CCCc1nn2c(C=O)c(-c3ccc(CC)cc3)nc2s1. The van der Waals surface area contributed by atoms with Crippen LogP contribution < -0.4 is 0 Å². The third-order valence-electron chi connectivity index (χ3n) is 3.49. The van der Waals surface area contributed by atoms with Crippen LogP contribution in [0, 0.1) is 0 Å². The van der Waals surface area contributed by atoms with Crippen LogP contribution in [0.2, 0.25) is 0 Å². The molecule has 0 aliphatic heterocycles. The smallest absolute Gasteiger partial charge is 0.213 e. The highest BCUT2D eigenvalue weighted by Crippen LogP contribution is 2.26. The predicted octanol–water partition coefficient (Wildman–Crippen LogP) is 3.79. The molecule has 0 N–H and O–H groups in total. The number of imidazole rings is 1. The van der Waals surface area contributed by atoms with Crippen LogP contribution in [0.15, 0.2) is 24.3 Å². The molecule has 1 aromatic carbocycles. The highest BCUT2D eigenvalue weighted by Gasteiger charge is 2.17. The van der Waals surface area contributed by atoms with E-state index in [-0.39, 0.29) is 0 Å². The Morgan fingerprint density at radius 3 is 2.62 bits per heavy atom. The van der Waals surface area contributed by atoms with Crippen LogP contribution in [0.1, 0.15) is 41.3 Å². The van der Waals surface area contributed by atoms with Gasteiger partial charge in [-0.25, -0.2) is 4.98 Å². The van der Waals surface area contributed by atoms with Gasteiger partial charge in [-0.05, 0) is 18.4 Å². The lowest BCUT2D eigenvalue weighted by Crippen LogP contribution is -1.95. The van der Waals surface area contributed by atoms with Crippen LogP contribution in [0.5, 0.6) is 0 Å². The monoisotopic (exact) mass is 299 g/mol. The molecule has 0 unspecified atom stereocenters. The van der Waals surface area contributed by atoms with Gasteiger partial charge in [0.15, 0.2) is 6.29 Å². The van der Waals surface area contributed by atoms with Crippen molar-refractivity contribution in [2.24, 2.45) is 0 Å². The number of fused-ring (bicyclic) bond motifs is 1. The molecule has 2 heterocycles. The minimum Gasteiger partial charge on any atom is -0.296 e. The number of benzene rings is 1. The van der Waals surface area contributed by atoms with Gasteiger partial charge >= 0.3 is 0 Å². The number of hydrogen-bond acceptors (Lipinski definition) is 4. The van der Waals surface area contributed by atoms with Crippen LogP contribution in [0.4, 0.5) is 0 Å². The van der Waals surface area contributed by atoms with Crippen LogP contribution in [0.25, 0.3) is 16.2 Å². The summed E-state index contributed by atoms with van der Waals surface area (Å²) in [5.74, 6) is 0. The molecule has 0 aliphatic carbocycles. The molecule has 0 fully saturated rings. The summed E-state index contributed by atoms with van der Waals surface area (Å²) in [5, 5.41) is 5.52. The van der Waals surface area contributed by atoms with Crippen LogP contribution in [0.3, 0.4) is 0 Å². The minimum atomic E-state index is 0.535. The van der Waals surface area contributed by atoms with Gasteiger partial charge in [0.05, 0.1) is 0 Å². The largest absolute Gasteiger partial charge is 0.296 e. The molecule has 21 heavy (non-hydrogen) atoms. The van der Waals surface area contributed by atoms with Gasteiger partial charge in [0.2, 0.25) is 4.96 Å². The summed E-state index contributed by atoms with van der Waals surface area (Å²) >= 11 is 1.56. The average Bonchev–Trinajstić information content (AvgIpc) is 3.04. The van der Waals surface area contributed by atoms with Gasteiger partial charge in [0.25, 0.3) is 0 Å². The van der Waals surface area contributed by atoms with Crippen molar-refractivity contribution in [2.75, 3.05) is 0 Å². The third-order valence-corrected chi connectivity index (χ3v) is 4.46. The maximum Gasteiger partial charge on any atom is 0.213 e. The van der Waals surface area contributed by atoms with Gasteiger partial charge in [0.1, 0.15) is 16.4 Å². The Morgan fingerprint density at radius 2 is 2.00 bits per heavy atom. The average molecular weight is 299 g/mol. The molecule has 0 atom stereocenters. The van der Waals surface area contributed by atoms with Gasteiger partial charge < -0.3 is 0 Å². The highest BCUT2D eigenvalue weighted by atomic mass is 32.1. The van der Waals surface area contributed by atoms with E-state index in [2.05, 4.69) is 36.1 Å². The number of hydrogen-bond donors (Lipinski definition) is 0. The number of aromatic nitrogens is 3. The molecule has 3 rings (SSSR count). The Kier molecular flexibility index (Phi) is 3.84. The molecule has 0 spiro atoms. The van der Waals surface area contributed by atoms with Gasteiger partial charge in [0, 0.05) is 12.0 Å². The zero-order valence-corrected chi connectivity index (χ0v) is 13.0. The second-order valence-corrected chi connectivity index (χ2v) is 5.99. The highest BCUT2D eigenvalue weighted by molar-refractivity contribution is 7.16. The van der Waals surface area contributed by atoms with Crippen LogP contribution >= 0.6 is 11.3 Å². The Morgan fingerprint density at radius 1 is 1.24 bits per heavy atom. The number of rotatable bonds is 5. The number of aldehydes is 1. The molecule has 5 heteroatoms. The van der Waals surface area contributed by atoms with Crippen LogP contribution in [-0.4, -0.2) is 20.9 Å². The molecule has 2 aromatic heterocycles. The van der Waals surface area contributed by atoms with E-state index in [4.69, 9.17) is 0 Å². The van der Waals surface area contributed by atoms with Crippen molar-refractivity contribution in [1.29, 1.82) is 0 Å². The molecule has 4 nitrogen and oxygen atoms in total. The first-order valence-corrected chi connectivity index (χ1v) is 8.01. The Balaban J connectivity index is 2.08. The molecule has 0 aliphatic rings. The van der Waals surface area contributed by atoms with E-state index in [1.165, 1.54) is 5.56 Å². The molecule has 0 bridgehead atoms. The Labute approximate surface area is 127 Å². The summed E-state index contributed by atoms with van der Waals surface area (Å²) in [6, 6.07) is 8.19. The number of carbonyl (C=O) groups is 1. The normalized spacial score (nSPS) is 11.1. The molecule has 3 aromatic rings. The number of nitrogens with zero attached hydrogens (tertiary/aromatic N) is 3. The third kappa shape index (κ3) is 2.49. The fourth-order valence-corrected chi connectivity index (χ4v) is 3.34. The minimum absolute atomic E-state index is 0.535. The molecule has 0 amide bonds. The zero-order valence-electron chi connectivity index (χ0n) is 12.2. The van der Waals surface area contributed by atoms with Crippen LogP contribution in [-0.2, 0) is 12.8 Å². The van der Waals surface area contributed by atoms with E-state index in [9.17, 15) is 4.79 Å². The number of carbonyl (C=O) groups excluding carboxylic acids is 1. The first-order chi connectivity index (χ1) is 10.3. The van der Waals surface area contributed by atoms with Crippen molar-refractivity contribution in [1.82, 2.24) is 14.6 Å². The standard InChI is InChI=1S/C16H17N3OS/c1-3-5-14-18-19-13(10-20)15(17-16(19)21-14)12-8-6-11(4-2)7-9-12/h6-10H,3-5H2,1-2H3. The molecule has 108 valence electrons. The quantitative estimate of drug-likeness (QED) is 0.673. The first-order valence-electron chi connectivity index (χ1n) is 7.19. The van der Waals surface area contributed by atoms with Gasteiger partial charge in [-0.2, -0.15) is 9.61 Å². The second kappa shape index (κ2) is 5.77. The van der Waals surface area contributed by atoms with Crippen molar-refractivity contribution in [3.63, 3.8) is 0 Å². The maximum atomic E-state index is 11.5. The fraction of sp³-hybridized carbons (Fsp3) is 0.312. The summed E-state index contributed by atoms with van der Waals surface area (Å²) < 4.78 is 1.67. The maximum absolute atomic E-state index is 11.5. The van der Waals surface area contributed by atoms with E-state index in [0.717, 1.165) is 46.8 Å². The second-order valence-electron chi connectivity index (χ2n) is 4.95. The van der Waals surface area contributed by atoms with E-state index in [0.29, 0.717) is 5.69 Å². The summed E-state index contributed by atoms with van der Waals surface area (Å²) in [4.78, 5) is 16.9. The lowest BCUT2D eigenvalue weighted by Gasteiger charge is -2.00. The Hall–Kier alpha value is -2.01. The fourth-order valence-electron chi connectivity index (χ4n) is 2.34. The topological polar surface area (TPSA) is 47.3 Å². The summed E-state index contributed by atoms with van der Waals surface area (Å²) in [6.07, 6.45) is 3.81. The van der Waals surface area contributed by atoms with Crippen molar-refractivity contribution in [3.8, 4) is 11.3 Å². The lowest BCUT2D eigenvalue weighted by atomic mass is 10.1. The lowest BCUT2D eigenvalue weighted by molar-refractivity contribution is 0.111. The molecular formula is C16H17N3OS. The molecular weight excluding hydrogens is 282 g/mol. The van der Waals surface area contributed by atoms with Crippen molar-refractivity contribution >= 4 is 22.6 Å². The van der Waals surface area contributed by atoms with E-state index in [1.807, 2.05) is 12.1 Å². The van der Waals surface area contributed by atoms with Crippen molar-refractivity contribution in [2.45, 2.75) is 33.1 Å². The zero-order chi connectivity index (χ0) is 14.8. The van der Waals surface area contributed by atoms with Crippen molar-refractivity contribution < 1.29 is 4.79 Å². The van der Waals surface area contributed by atoms with Crippen molar-refractivity contribution in [3.05, 3.63) is 40.5 Å². The number of aryl methyl sites for hydroxylation is 2. The van der Waals surface area contributed by atoms with Gasteiger partial charge in [-0.1, -0.05) is 49.4 Å². The molecule has 0 saturated heterocycles. The van der Waals surface area contributed by atoms with Gasteiger partial charge in [-0.15, -0.1) is 0 Å². The summed E-state index contributed by atoms with van der Waals surface area (Å²) in [7, 11) is 0. The summed E-state index contributed by atoms with van der Waals surface area (Å²) in [5.41, 5.74) is 3.49. The first kappa shape index (κ1) is 13.9. The summed E-state index contributed by atoms with van der Waals surface area (Å²) in [6.45, 7) is 4.24. The molecule has 0 radical (unpaired) electrons. The predicted molar refractivity (Wildman–Crippen MR) is 85.1 cm³/mol. The Bertz CT molecular complexity index is 771. The van der Waals surface area contributed by atoms with Gasteiger partial charge in [-0.3, -0.25) is 4.79 Å².